The number of aromatic amines is 1. The van der Waals surface area contributed by atoms with Crippen LogP contribution in [-0.4, -0.2) is 86.9 Å². The SMILES string of the molecule is C[C@H]1CCCN1Cc1nc2cc(NC(=O)c3ccc(NC(=O)CCCC4CCN(c5ccc6c(c5)C(=O)N(C5CCC(=O)NC5=O)C6=O)CC4)cc3)ccc2[nH]1. The molecule has 14 nitrogen and oxygen atoms in total. The number of likely N-dealkylation sites (tertiary alicyclic amines) is 1. The number of carbonyl (C=O) groups excluding carboxylic acids is 6. The number of H-pyrrole nitrogens is 1. The fourth-order valence-electron chi connectivity index (χ4n) is 8.45. The van der Waals surface area contributed by atoms with Crippen LogP contribution < -0.4 is 20.9 Å². The average Bonchev–Trinajstić information content (AvgIpc) is 3.86. The number of rotatable bonds is 11. The monoisotopic (exact) mass is 758 g/mol. The third-order valence-corrected chi connectivity index (χ3v) is 11.7. The number of imidazole rings is 1. The van der Waals surface area contributed by atoms with E-state index in [1.165, 1.54) is 12.8 Å². The van der Waals surface area contributed by atoms with Crippen molar-refractivity contribution in [2.75, 3.05) is 35.2 Å². The molecule has 0 saturated carbocycles. The standard InChI is InChI=1S/C42H46N8O6/c1-25-4-3-19-49(25)24-36-45-33-14-11-29(22-34(33)46-36)44-39(53)27-7-9-28(10-8-27)43-37(51)6-2-5-26-17-20-48(21-18-26)30-12-13-31-32(23-30)42(56)50(41(31)55)35-15-16-38(52)47-40(35)54/h7-14,22-23,25-26,35H,2-6,15-21,24H2,1H3,(H,43,51)(H,44,53)(H,45,46)(H,47,52,54)/t25-,35?/m0/s1. The Morgan fingerprint density at radius 2 is 1.61 bits per heavy atom. The Balaban J connectivity index is 0.764. The van der Waals surface area contributed by atoms with Crippen LogP contribution in [-0.2, 0) is 20.9 Å². The molecule has 4 aromatic rings. The Morgan fingerprint density at radius 3 is 2.36 bits per heavy atom. The minimum atomic E-state index is -0.987. The fraction of sp³-hybridized carbons (Fsp3) is 0.405. The van der Waals surface area contributed by atoms with Crippen molar-refractivity contribution in [3.05, 3.63) is 83.2 Å². The highest BCUT2D eigenvalue weighted by Gasteiger charge is 2.44. The molecule has 0 spiro atoms. The third-order valence-electron chi connectivity index (χ3n) is 11.7. The molecule has 4 N–H and O–H groups in total. The lowest BCUT2D eigenvalue weighted by atomic mass is 9.91. The van der Waals surface area contributed by atoms with Gasteiger partial charge >= 0.3 is 0 Å². The summed E-state index contributed by atoms with van der Waals surface area (Å²) in [5, 5.41) is 8.13. The van der Waals surface area contributed by atoms with E-state index in [-0.39, 0.29) is 35.8 Å². The summed E-state index contributed by atoms with van der Waals surface area (Å²) in [7, 11) is 0. The van der Waals surface area contributed by atoms with E-state index in [0.717, 1.165) is 79.3 Å². The molecule has 3 saturated heterocycles. The number of imide groups is 2. The molecule has 4 aliphatic rings. The van der Waals surface area contributed by atoms with Crippen LogP contribution in [0.4, 0.5) is 17.1 Å². The molecule has 2 atom stereocenters. The molecule has 8 rings (SSSR count). The van der Waals surface area contributed by atoms with Crippen molar-refractivity contribution in [3.8, 4) is 0 Å². The largest absolute Gasteiger partial charge is 0.371 e. The van der Waals surface area contributed by atoms with Gasteiger partial charge in [0.05, 0.1) is 28.7 Å². The van der Waals surface area contributed by atoms with Crippen molar-refractivity contribution in [1.29, 1.82) is 0 Å². The van der Waals surface area contributed by atoms with Gasteiger partial charge in [-0.15, -0.1) is 0 Å². The van der Waals surface area contributed by atoms with Crippen LogP contribution >= 0.6 is 0 Å². The molecule has 4 aliphatic heterocycles. The van der Waals surface area contributed by atoms with E-state index in [2.05, 4.69) is 37.7 Å². The van der Waals surface area contributed by atoms with Crippen LogP contribution in [0.1, 0.15) is 102 Å². The molecule has 0 bridgehead atoms. The predicted octanol–water partition coefficient (Wildman–Crippen LogP) is 5.23. The number of piperidine rings is 2. The number of hydrogen-bond acceptors (Lipinski definition) is 9. The van der Waals surface area contributed by atoms with E-state index in [1.54, 1.807) is 36.4 Å². The number of aromatic nitrogens is 2. The van der Waals surface area contributed by atoms with Gasteiger partial charge in [-0.1, -0.05) is 0 Å². The lowest BCUT2D eigenvalue weighted by molar-refractivity contribution is -0.136. The van der Waals surface area contributed by atoms with Crippen molar-refractivity contribution in [2.45, 2.75) is 83.3 Å². The zero-order valence-electron chi connectivity index (χ0n) is 31.4. The van der Waals surface area contributed by atoms with Gasteiger partial charge in [-0.05, 0) is 125 Å². The van der Waals surface area contributed by atoms with Crippen molar-refractivity contribution < 1.29 is 28.8 Å². The Morgan fingerprint density at radius 1 is 0.839 bits per heavy atom. The van der Waals surface area contributed by atoms with E-state index < -0.39 is 29.7 Å². The summed E-state index contributed by atoms with van der Waals surface area (Å²) in [6.07, 6.45) is 6.56. The van der Waals surface area contributed by atoms with E-state index in [1.807, 2.05) is 24.3 Å². The molecular weight excluding hydrogens is 713 g/mol. The van der Waals surface area contributed by atoms with Gasteiger partial charge < -0.3 is 20.5 Å². The van der Waals surface area contributed by atoms with Gasteiger partial charge in [0.1, 0.15) is 11.9 Å². The molecule has 1 unspecified atom stereocenters. The zero-order valence-corrected chi connectivity index (χ0v) is 31.4. The maximum atomic E-state index is 13.3. The molecule has 3 fully saturated rings. The second kappa shape index (κ2) is 15.7. The van der Waals surface area contributed by atoms with Crippen molar-refractivity contribution in [2.24, 2.45) is 5.92 Å². The number of carbonyl (C=O) groups is 6. The Kier molecular flexibility index (Phi) is 10.4. The summed E-state index contributed by atoms with van der Waals surface area (Å²) in [6.45, 7) is 5.68. The summed E-state index contributed by atoms with van der Waals surface area (Å²) >= 11 is 0. The van der Waals surface area contributed by atoms with Crippen LogP contribution in [0.25, 0.3) is 11.0 Å². The number of nitrogens with one attached hydrogen (secondary N) is 4. The first-order chi connectivity index (χ1) is 27.1. The van der Waals surface area contributed by atoms with Gasteiger partial charge in [0.15, 0.2) is 0 Å². The summed E-state index contributed by atoms with van der Waals surface area (Å²) in [5.74, 6) is -0.973. The first-order valence-electron chi connectivity index (χ1n) is 19.6. The minimum Gasteiger partial charge on any atom is -0.371 e. The number of nitrogens with zero attached hydrogens (tertiary/aromatic N) is 4. The minimum absolute atomic E-state index is 0.0748. The van der Waals surface area contributed by atoms with Gasteiger partial charge in [-0.3, -0.25) is 43.9 Å². The topological polar surface area (TPSA) is 177 Å². The Labute approximate surface area is 324 Å². The molecule has 6 amide bonds. The quantitative estimate of drug-likeness (QED) is 0.149. The number of amides is 6. The second-order valence-corrected chi connectivity index (χ2v) is 15.5. The van der Waals surface area contributed by atoms with Gasteiger partial charge in [0.25, 0.3) is 17.7 Å². The smallest absolute Gasteiger partial charge is 0.262 e. The lowest BCUT2D eigenvalue weighted by Gasteiger charge is -2.34. The Hall–Kier alpha value is -5.89. The molecule has 0 aliphatic carbocycles. The molecule has 56 heavy (non-hydrogen) atoms. The maximum absolute atomic E-state index is 13.3. The highest BCUT2D eigenvalue weighted by Crippen LogP contribution is 2.33. The van der Waals surface area contributed by atoms with Crippen molar-refractivity contribution in [3.63, 3.8) is 0 Å². The number of fused-ring (bicyclic) bond motifs is 2. The molecule has 0 radical (unpaired) electrons. The van der Waals surface area contributed by atoms with Crippen LogP contribution in [0.15, 0.2) is 60.7 Å². The third kappa shape index (κ3) is 7.79. The summed E-state index contributed by atoms with van der Waals surface area (Å²) in [5.41, 5.74) is 4.92. The van der Waals surface area contributed by atoms with E-state index in [4.69, 9.17) is 4.98 Å². The first kappa shape index (κ1) is 37.1. The molecule has 1 aromatic heterocycles. The Bertz CT molecular complexity index is 2210. The molecule has 14 heteroatoms. The van der Waals surface area contributed by atoms with Gasteiger partial charge in [-0.2, -0.15) is 0 Å². The van der Waals surface area contributed by atoms with Crippen molar-refractivity contribution in [1.82, 2.24) is 25.1 Å². The summed E-state index contributed by atoms with van der Waals surface area (Å²) in [4.78, 5) is 89.8. The molecule has 3 aromatic carbocycles. The first-order valence-corrected chi connectivity index (χ1v) is 19.6. The predicted molar refractivity (Wildman–Crippen MR) is 210 cm³/mol. The number of hydrogen-bond donors (Lipinski definition) is 4. The number of anilines is 3. The van der Waals surface area contributed by atoms with E-state index in [0.29, 0.717) is 35.3 Å². The normalized spacial score (nSPS) is 20.4. The van der Waals surface area contributed by atoms with Crippen LogP contribution in [0.3, 0.4) is 0 Å². The van der Waals surface area contributed by atoms with E-state index in [9.17, 15) is 28.8 Å². The highest BCUT2D eigenvalue weighted by atomic mass is 16.2. The molecular formula is C42H46N8O6. The molecule has 5 heterocycles. The lowest BCUT2D eigenvalue weighted by Crippen LogP contribution is -2.54. The van der Waals surface area contributed by atoms with Crippen molar-refractivity contribution >= 4 is 63.5 Å². The average molecular weight is 759 g/mol. The van der Waals surface area contributed by atoms with Crippen LogP contribution in [0.5, 0.6) is 0 Å². The van der Waals surface area contributed by atoms with Gasteiger partial charge in [-0.25, -0.2) is 4.98 Å². The van der Waals surface area contributed by atoms with Gasteiger partial charge in [0, 0.05) is 54.6 Å². The van der Waals surface area contributed by atoms with Crippen LogP contribution in [0.2, 0.25) is 0 Å². The second-order valence-electron chi connectivity index (χ2n) is 15.5. The van der Waals surface area contributed by atoms with E-state index >= 15 is 0 Å². The summed E-state index contributed by atoms with van der Waals surface area (Å²) in [6, 6.07) is 17.3. The highest BCUT2D eigenvalue weighted by molar-refractivity contribution is 6.23. The zero-order chi connectivity index (χ0) is 38.9. The van der Waals surface area contributed by atoms with Gasteiger partial charge in [0.2, 0.25) is 17.7 Å². The summed E-state index contributed by atoms with van der Waals surface area (Å²) < 4.78 is 0. The molecule has 290 valence electrons. The number of benzene rings is 3. The van der Waals surface area contributed by atoms with Crippen LogP contribution in [0, 0.1) is 5.92 Å². The fourth-order valence-corrected chi connectivity index (χ4v) is 8.45. The maximum Gasteiger partial charge on any atom is 0.262 e.